The first-order valence-electron chi connectivity index (χ1n) is 9.13. The van der Waals surface area contributed by atoms with Gasteiger partial charge in [0, 0.05) is 0 Å². The molecule has 2 atom stereocenters. The van der Waals surface area contributed by atoms with Crippen molar-refractivity contribution >= 4 is 17.9 Å². The second-order valence-electron chi connectivity index (χ2n) is 6.68. The molecule has 1 saturated heterocycles. The summed E-state index contributed by atoms with van der Waals surface area (Å²) >= 11 is 0. The van der Waals surface area contributed by atoms with Crippen molar-refractivity contribution in [1.29, 1.82) is 0 Å². The van der Waals surface area contributed by atoms with Crippen LogP contribution in [0.25, 0.3) is 0 Å². The van der Waals surface area contributed by atoms with Crippen LogP contribution in [0.4, 0.5) is 0 Å². The molecule has 0 N–H and O–H groups in total. The lowest BCUT2D eigenvalue weighted by Crippen LogP contribution is -2.45. The fourth-order valence-electron chi connectivity index (χ4n) is 3.01. The molecule has 29 heavy (non-hydrogen) atoms. The standard InChI is InChI=1S/C23H20O6/c1-2-23(16-27-20(24)13-17-9-5-3-6-10-17)19(15-22(26)29-23)28-21(25)14-18-11-7-4-8-12-18/h1,3-12,19H,13-16H2/t19-,23+/m0/s1. The third-order valence-electron chi connectivity index (χ3n) is 4.52. The molecule has 0 bridgehead atoms. The SMILES string of the molecule is C#C[C@]1(COC(=O)Cc2ccccc2)OC(=O)C[C@@H]1OC(=O)Cc1ccccc1. The van der Waals surface area contributed by atoms with E-state index in [1.807, 2.05) is 36.4 Å². The molecule has 2 aromatic rings. The average Bonchev–Trinajstić information content (AvgIpc) is 3.03. The van der Waals surface area contributed by atoms with Crippen molar-refractivity contribution in [2.24, 2.45) is 0 Å². The van der Waals surface area contributed by atoms with E-state index in [1.165, 1.54) is 0 Å². The van der Waals surface area contributed by atoms with Gasteiger partial charge in [-0.25, -0.2) is 0 Å². The fourth-order valence-corrected chi connectivity index (χ4v) is 3.01. The lowest BCUT2D eigenvalue weighted by atomic mass is 9.98. The monoisotopic (exact) mass is 392 g/mol. The van der Waals surface area contributed by atoms with Gasteiger partial charge in [-0.3, -0.25) is 14.4 Å². The summed E-state index contributed by atoms with van der Waals surface area (Å²) in [5, 5.41) is 0. The minimum Gasteiger partial charge on any atom is -0.460 e. The molecular weight excluding hydrogens is 372 g/mol. The highest BCUT2D eigenvalue weighted by Gasteiger charge is 2.52. The van der Waals surface area contributed by atoms with Crippen LogP contribution in [0.15, 0.2) is 60.7 Å². The first-order valence-corrected chi connectivity index (χ1v) is 9.13. The van der Waals surface area contributed by atoms with Crippen molar-refractivity contribution in [3.05, 3.63) is 71.8 Å². The van der Waals surface area contributed by atoms with Gasteiger partial charge in [0.25, 0.3) is 0 Å². The summed E-state index contributed by atoms with van der Waals surface area (Å²) in [6.07, 6.45) is 4.44. The molecule has 0 aromatic heterocycles. The Hall–Kier alpha value is -3.59. The van der Waals surface area contributed by atoms with Crippen molar-refractivity contribution in [3.63, 3.8) is 0 Å². The highest BCUT2D eigenvalue weighted by Crippen LogP contribution is 2.30. The molecule has 2 aromatic carbocycles. The topological polar surface area (TPSA) is 78.9 Å². The number of esters is 3. The van der Waals surface area contributed by atoms with E-state index in [4.69, 9.17) is 20.6 Å². The van der Waals surface area contributed by atoms with E-state index in [1.54, 1.807) is 24.3 Å². The van der Waals surface area contributed by atoms with E-state index < -0.39 is 29.6 Å². The Balaban J connectivity index is 1.62. The normalized spacial score (nSPS) is 20.4. The van der Waals surface area contributed by atoms with Crippen LogP contribution in [0.3, 0.4) is 0 Å². The number of carbonyl (C=O) groups is 3. The van der Waals surface area contributed by atoms with Crippen LogP contribution in [-0.2, 0) is 41.4 Å². The molecule has 1 fully saturated rings. The predicted molar refractivity (Wildman–Crippen MR) is 103 cm³/mol. The highest BCUT2D eigenvalue weighted by molar-refractivity contribution is 5.78. The number of benzene rings is 2. The molecule has 0 unspecified atom stereocenters. The second-order valence-corrected chi connectivity index (χ2v) is 6.68. The summed E-state index contributed by atoms with van der Waals surface area (Å²) in [4.78, 5) is 36.3. The van der Waals surface area contributed by atoms with Crippen LogP contribution in [0.2, 0.25) is 0 Å². The van der Waals surface area contributed by atoms with Gasteiger partial charge in [0.2, 0.25) is 5.60 Å². The van der Waals surface area contributed by atoms with Crippen molar-refractivity contribution in [1.82, 2.24) is 0 Å². The number of carbonyl (C=O) groups excluding carboxylic acids is 3. The first kappa shape index (κ1) is 20.2. The van der Waals surface area contributed by atoms with Crippen LogP contribution in [0.5, 0.6) is 0 Å². The average molecular weight is 392 g/mol. The fraction of sp³-hybridized carbons (Fsp3) is 0.261. The Morgan fingerprint density at radius 1 is 1.00 bits per heavy atom. The minimum absolute atomic E-state index is 0.0278. The Bertz CT molecular complexity index is 915. The Morgan fingerprint density at radius 3 is 2.10 bits per heavy atom. The smallest absolute Gasteiger partial charge is 0.311 e. The summed E-state index contributed by atoms with van der Waals surface area (Å²) in [6, 6.07) is 18.1. The molecule has 0 aliphatic carbocycles. The molecule has 0 spiro atoms. The first-order chi connectivity index (χ1) is 14.0. The summed E-state index contributed by atoms with van der Waals surface area (Å²) < 4.78 is 15.9. The molecule has 3 rings (SSSR count). The van der Waals surface area contributed by atoms with Gasteiger partial charge < -0.3 is 14.2 Å². The predicted octanol–water partition coefficient (Wildman–Crippen LogP) is 2.25. The van der Waals surface area contributed by atoms with Gasteiger partial charge in [-0.2, -0.15) is 0 Å². The molecule has 6 heteroatoms. The molecule has 148 valence electrons. The molecule has 0 saturated carbocycles. The maximum atomic E-state index is 12.3. The molecule has 6 nitrogen and oxygen atoms in total. The molecule has 1 heterocycles. The van der Waals surface area contributed by atoms with E-state index in [0.717, 1.165) is 11.1 Å². The number of terminal acetylenes is 1. The van der Waals surface area contributed by atoms with Gasteiger partial charge in [0.05, 0.1) is 19.3 Å². The van der Waals surface area contributed by atoms with E-state index in [0.29, 0.717) is 0 Å². The molecule has 0 amide bonds. The maximum absolute atomic E-state index is 12.3. The number of hydrogen-bond acceptors (Lipinski definition) is 6. The van der Waals surface area contributed by atoms with Gasteiger partial charge in [-0.15, -0.1) is 6.42 Å². The van der Waals surface area contributed by atoms with Gasteiger partial charge >= 0.3 is 17.9 Å². The zero-order chi connectivity index (χ0) is 20.7. The third kappa shape index (κ3) is 5.23. The minimum atomic E-state index is -1.63. The number of ether oxygens (including phenoxy) is 3. The molecule has 0 radical (unpaired) electrons. The molecular formula is C23H20O6. The quantitative estimate of drug-likeness (QED) is 0.409. The molecule has 1 aliphatic rings. The summed E-state index contributed by atoms with van der Waals surface area (Å²) in [6.45, 7) is -0.385. The van der Waals surface area contributed by atoms with E-state index in [9.17, 15) is 14.4 Å². The van der Waals surface area contributed by atoms with E-state index in [2.05, 4.69) is 5.92 Å². The largest absolute Gasteiger partial charge is 0.460 e. The summed E-state index contributed by atoms with van der Waals surface area (Å²) in [5.41, 5.74) is -0.0830. The van der Waals surface area contributed by atoms with Crippen LogP contribution >= 0.6 is 0 Å². The Morgan fingerprint density at radius 2 is 1.55 bits per heavy atom. The van der Waals surface area contributed by atoms with Crippen LogP contribution < -0.4 is 0 Å². The van der Waals surface area contributed by atoms with Crippen molar-refractivity contribution in [3.8, 4) is 12.3 Å². The number of hydrogen-bond donors (Lipinski definition) is 0. The second kappa shape index (κ2) is 9.07. The van der Waals surface area contributed by atoms with Crippen molar-refractivity contribution in [2.75, 3.05) is 6.61 Å². The van der Waals surface area contributed by atoms with Crippen molar-refractivity contribution in [2.45, 2.75) is 31.0 Å². The van der Waals surface area contributed by atoms with Gasteiger partial charge in [0.1, 0.15) is 6.61 Å². The zero-order valence-electron chi connectivity index (χ0n) is 15.7. The highest BCUT2D eigenvalue weighted by atomic mass is 16.6. The number of cyclic esters (lactones) is 1. The maximum Gasteiger partial charge on any atom is 0.311 e. The Kier molecular flexibility index (Phi) is 6.30. The summed E-state index contributed by atoms with van der Waals surface area (Å²) in [7, 11) is 0. The van der Waals surface area contributed by atoms with Crippen LogP contribution in [-0.4, -0.2) is 36.2 Å². The van der Waals surface area contributed by atoms with Crippen molar-refractivity contribution < 1.29 is 28.6 Å². The number of rotatable bonds is 7. The third-order valence-corrected chi connectivity index (χ3v) is 4.52. The van der Waals surface area contributed by atoms with E-state index >= 15 is 0 Å². The Labute approximate surface area is 168 Å². The lowest BCUT2D eigenvalue weighted by molar-refractivity contribution is -0.167. The van der Waals surface area contributed by atoms with Gasteiger partial charge in [-0.05, 0) is 11.1 Å². The van der Waals surface area contributed by atoms with E-state index in [-0.39, 0.29) is 25.9 Å². The summed E-state index contributed by atoms with van der Waals surface area (Å²) in [5.74, 6) is 0.666. The van der Waals surface area contributed by atoms with Crippen LogP contribution in [0.1, 0.15) is 17.5 Å². The molecule has 1 aliphatic heterocycles. The zero-order valence-corrected chi connectivity index (χ0v) is 15.7. The van der Waals surface area contributed by atoms with Gasteiger partial charge in [-0.1, -0.05) is 66.6 Å². The van der Waals surface area contributed by atoms with Crippen LogP contribution in [0, 0.1) is 12.3 Å². The van der Waals surface area contributed by atoms with Gasteiger partial charge in [0.15, 0.2) is 6.10 Å². The lowest BCUT2D eigenvalue weighted by Gasteiger charge is -2.27.